The van der Waals surface area contributed by atoms with Crippen molar-refractivity contribution < 1.29 is 4.74 Å². The van der Waals surface area contributed by atoms with Gasteiger partial charge in [-0.3, -0.25) is 0 Å². The van der Waals surface area contributed by atoms with Gasteiger partial charge in [0.1, 0.15) is 11.6 Å². The molecule has 0 atom stereocenters. The topological polar surface area (TPSA) is 59.9 Å². The second-order valence-electron chi connectivity index (χ2n) is 3.34. The average Bonchev–Trinajstić information content (AvgIpc) is 2.70. The molecule has 0 unspecified atom stereocenters. The maximum absolute atomic E-state index is 11.2. The van der Waals surface area contributed by atoms with Crippen molar-refractivity contribution in [1.82, 2.24) is 14.8 Å². The minimum atomic E-state index is -0.334. The van der Waals surface area contributed by atoms with Crippen molar-refractivity contribution in [3.63, 3.8) is 0 Å². The summed E-state index contributed by atoms with van der Waals surface area (Å²) in [7, 11) is 1.61. The molecule has 0 saturated heterocycles. The van der Waals surface area contributed by atoms with Crippen LogP contribution in [0.15, 0.2) is 29.1 Å². The standard InChI is InChI=1S/C11H13N3O2/c1-3-10-12-11(15)13-14(10)8-5-4-6-9(7-8)16-2/h4-7H,3H2,1-2H3,(H,13,15). The van der Waals surface area contributed by atoms with Crippen LogP contribution in [0.1, 0.15) is 12.7 Å². The summed E-state index contributed by atoms with van der Waals surface area (Å²) in [6, 6.07) is 7.45. The first-order valence-corrected chi connectivity index (χ1v) is 5.07. The van der Waals surface area contributed by atoms with E-state index in [-0.39, 0.29) is 5.69 Å². The van der Waals surface area contributed by atoms with E-state index < -0.39 is 0 Å². The monoisotopic (exact) mass is 219 g/mol. The SMILES string of the molecule is CCc1nc(=O)[nH]n1-c1cccc(OC)c1. The van der Waals surface area contributed by atoms with Crippen LogP contribution in [0, 0.1) is 0 Å². The normalized spacial score (nSPS) is 10.4. The minimum absolute atomic E-state index is 0.334. The number of H-pyrrole nitrogens is 1. The smallest absolute Gasteiger partial charge is 0.361 e. The lowest BCUT2D eigenvalue weighted by molar-refractivity contribution is 0.414. The molecular weight excluding hydrogens is 206 g/mol. The fourth-order valence-corrected chi connectivity index (χ4v) is 1.55. The zero-order valence-electron chi connectivity index (χ0n) is 9.23. The Morgan fingerprint density at radius 3 is 3.00 bits per heavy atom. The molecule has 2 rings (SSSR count). The highest BCUT2D eigenvalue weighted by Gasteiger charge is 2.06. The Hall–Kier alpha value is -2.04. The number of hydrogen-bond acceptors (Lipinski definition) is 3. The van der Waals surface area contributed by atoms with Gasteiger partial charge >= 0.3 is 5.69 Å². The number of rotatable bonds is 3. The van der Waals surface area contributed by atoms with Crippen LogP contribution in [0.2, 0.25) is 0 Å². The summed E-state index contributed by atoms with van der Waals surface area (Å²) in [5, 5.41) is 2.66. The number of ether oxygens (including phenoxy) is 1. The number of hydrogen-bond donors (Lipinski definition) is 1. The van der Waals surface area contributed by atoms with Gasteiger partial charge in [-0.05, 0) is 12.1 Å². The molecule has 0 fully saturated rings. The molecule has 0 spiro atoms. The molecule has 0 bridgehead atoms. The Morgan fingerprint density at radius 2 is 2.31 bits per heavy atom. The highest BCUT2D eigenvalue weighted by atomic mass is 16.5. The summed E-state index contributed by atoms with van der Waals surface area (Å²) >= 11 is 0. The van der Waals surface area contributed by atoms with Crippen molar-refractivity contribution in [3.8, 4) is 11.4 Å². The zero-order chi connectivity index (χ0) is 11.5. The summed E-state index contributed by atoms with van der Waals surface area (Å²) in [5.41, 5.74) is 0.505. The van der Waals surface area contributed by atoms with E-state index in [4.69, 9.17) is 4.74 Å². The molecule has 1 aromatic carbocycles. The molecule has 1 N–H and O–H groups in total. The van der Waals surface area contributed by atoms with Crippen LogP contribution in [-0.2, 0) is 6.42 Å². The van der Waals surface area contributed by atoms with Crippen molar-refractivity contribution in [3.05, 3.63) is 40.6 Å². The van der Waals surface area contributed by atoms with E-state index in [1.54, 1.807) is 11.8 Å². The Balaban J connectivity index is 2.53. The number of aryl methyl sites for hydroxylation is 1. The molecule has 0 amide bonds. The van der Waals surface area contributed by atoms with Crippen molar-refractivity contribution in [2.45, 2.75) is 13.3 Å². The molecule has 5 nitrogen and oxygen atoms in total. The first-order valence-electron chi connectivity index (χ1n) is 5.07. The van der Waals surface area contributed by atoms with Crippen molar-refractivity contribution >= 4 is 0 Å². The average molecular weight is 219 g/mol. The number of aromatic nitrogens is 3. The number of aromatic amines is 1. The second-order valence-corrected chi connectivity index (χ2v) is 3.34. The van der Waals surface area contributed by atoms with Crippen LogP contribution in [0.25, 0.3) is 5.69 Å². The lowest BCUT2D eigenvalue weighted by Crippen LogP contribution is -2.05. The fraction of sp³-hybridized carbons (Fsp3) is 0.273. The van der Waals surface area contributed by atoms with Crippen molar-refractivity contribution in [1.29, 1.82) is 0 Å². The summed E-state index contributed by atoms with van der Waals surface area (Å²) < 4.78 is 6.80. The number of benzene rings is 1. The van der Waals surface area contributed by atoms with Gasteiger partial charge < -0.3 is 4.74 Å². The molecule has 0 radical (unpaired) electrons. The minimum Gasteiger partial charge on any atom is -0.497 e. The van der Waals surface area contributed by atoms with Gasteiger partial charge in [-0.25, -0.2) is 14.6 Å². The summed E-state index contributed by atoms with van der Waals surface area (Å²) in [4.78, 5) is 15.1. The summed E-state index contributed by atoms with van der Waals surface area (Å²) in [6.07, 6.45) is 0.690. The largest absolute Gasteiger partial charge is 0.497 e. The predicted molar refractivity (Wildman–Crippen MR) is 60.1 cm³/mol. The van der Waals surface area contributed by atoms with Gasteiger partial charge in [-0.15, -0.1) is 0 Å². The molecule has 16 heavy (non-hydrogen) atoms. The first kappa shape index (κ1) is 10.5. The van der Waals surface area contributed by atoms with Gasteiger partial charge in [0.25, 0.3) is 0 Å². The van der Waals surface area contributed by atoms with E-state index in [1.165, 1.54) is 0 Å². The third-order valence-electron chi connectivity index (χ3n) is 2.32. The molecule has 84 valence electrons. The van der Waals surface area contributed by atoms with Crippen LogP contribution in [-0.4, -0.2) is 21.9 Å². The zero-order valence-corrected chi connectivity index (χ0v) is 9.23. The molecule has 0 saturated carbocycles. The van der Waals surface area contributed by atoms with E-state index >= 15 is 0 Å². The maximum atomic E-state index is 11.2. The highest BCUT2D eigenvalue weighted by molar-refractivity contribution is 5.38. The van der Waals surface area contributed by atoms with Gasteiger partial charge in [0, 0.05) is 12.5 Å². The highest BCUT2D eigenvalue weighted by Crippen LogP contribution is 2.16. The summed E-state index contributed by atoms with van der Waals surface area (Å²) in [6.45, 7) is 1.95. The third-order valence-corrected chi connectivity index (χ3v) is 2.32. The second kappa shape index (κ2) is 4.22. The van der Waals surface area contributed by atoms with Crippen molar-refractivity contribution in [2.75, 3.05) is 7.11 Å². The Bertz CT molecular complexity index is 542. The molecule has 0 aliphatic heterocycles. The van der Waals surface area contributed by atoms with Gasteiger partial charge in [0.2, 0.25) is 0 Å². The number of methoxy groups -OCH3 is 1. The maximum Gasteiger partial charge on any atom is 0.361 e. The fourth-order valence-electron chi connectivity index (χ4n) is 1.55. The van der Waals surface area contributed by atoms with E-state index in [2.05, 4.69) is 10.1 Å². The molecular formula is C11H13N3O2. The summed E-state index contributed by atoms with van der Waals surface area (Å²) in [5.74, 6) is 1.45. The predicted octanol–water partition coefficient (Wildman–Crippen LogP) is 1.13. The van der Waals surface area contributed by atoms with Crippen molar-refractivity contribution in [2.24, 2.45) is 0 Å². The molecule has 2 aromatic rings. The van der Waals surface area contributed by atoms with Crippen LogP contribution in [0.5, 0.6) is 5.75 Å². The lowest BCUT2D eigenvalue weighted by atomic mass is 10.3. The molecule has 0 aliphatic rings. The van der Waals surface area contributed by atoms with Crippen LogP contribution < -0.4 is 10.4 Å². The Labute approximate surface area is 92.7 Å². The van der Waals surface area contributed by atoms with E-state index in [1.807, 2.05) is 31.2 Å². The van der Waals surface area contributed by atoms with E-state index in [0.717, 1.165) is 11.4 Å². The molecule has 5 heteroatoms. The Kier molecular flexibility index (Phi) is 2.76. The molecule has 0 aliphatic carbocycles. The van der Waals surface area contributed by atoms with Gasteiger partial charge in [0.05, 0.1) is 12.8 Å². The Morgan fingerprint density at radius 1 is 1.50 bits per heavy atom. The van der Waals surface area contributed by atoms with E-state index in [9.17, 15) is 4.79 Å². The van der Waals surface area contributed by atoms with Crippen LogP contribution in [0.4, 0.5) is 0 Å². The third kappa shape index (κ3) is 1.84. The van der Waals surface area contributed by atoms with Crippen LogP contribution >= 0.6 is 0 Å². The molecule has 1 aromatic heterocycles. The quantitative estimate of drug-likeness (QED) is 0.841. The van der Waals surface area contributed by atoms with Gasteiger partial charge in [0.15, 0.2) is 0 Å². The number of nitrogens with one attached hydrogen (secondary N) is 1. The molecule has 1 heterocycles. The lowest BCUT2D eigenvalue weighted by Gasteiger charge is -2.06. The number of nitrogens with zero attached hydrogens (tertiary/aromatic N) is 2. The van der Waals surface area contributed by atoms with Gasteiger partial charge in [-0.1, -0.05) is 13.0 Å². The van der Waals surface area contributed by atoms with E-state index in [0.29, 0.717) is 12.2 Å². The first-order chi connectivity index (χ1) is 7.74. The van der Waals surface area contributed by atoms with Crippen LogP contribution in [0.3, 0.4) is 0 Å². The van der Waals surface area contributed by atoms with Gasteiger partial charge in [-0.2, -0.15) is 4.98 Å².